The molecule has 1 aromatic carbocycles. The molecule has 2 heterocycles. The van der Waals surface area contributed by atoms with Gasteiger partial charge in [-0.15, -0.1) is 0 Å². The van der Waals surface area contributed by atoms with Crippen LogP contribution in [0, 0.1) is 13.8 Å². The summed E-state index contributed by atoms with van der Waals surface area (Å²) >= 11 is 1.16. The van der Waals surface area contributed by atoms with E-state index in [4.69, 9.17) is 4.52 Å². The van der Waals surface area contributed by atoms with E-state index in [1.54, 1.807) is 13.1 Å². The van der Waals surface area contributed by atoms with Gasteiger partial charge in [0.25, 0.3) is 5.56 Å². The molecule has 0 bridgehead atoms. The van der Waals surface area contributed by atoms with Crippen LogP contribution in [0.4, 0.5) is 5.88 Å². The van der Waals surface area contributed by atoms with Gasteiger partial charge in [-0.1, -0.05) is 53.7 Å². The predicted octanol–water partition coefficient (Wildman–Crippen LogP) is 3.33. The zero-order chi connectivity index (χ0) is 19.4. The van der Waals surface area contributed by atoms with Gasteiger partial charge in [0.2, 0.25) is 11.8 Å². The Hall–Kier alpha value is -2.87. The van der Waals surface area contributed by atoms with Crippen molar-refractivity contribution in [1.29, 1.82) is 0 Å². The highest BCUT2D eigenvalue weighted by atomic mass is 32.2. The molecular weight excluding hydrogens is 364 g/mol. The Bertz CT molecular complexity index is 1010. The number of nitrogens with zero attached hydrogens (tertiary/aromatic N) is 2. The summed E-state index contributed by atoms with van der Waals surface area (Å²) in [6.45, 7) is 5.70. The Kier molecular flexibility index (Phi) is 5.75. The number of hydrogen-bond donors (Lipinski definition) is 2. The first-order valence-electron chi connectivity index (χ1n) is 8.52. The van der Waals surface area contributed by atoms with Crippen LogP contribution in [0.25, 0.3) is 11.1 Å². The standard InChI is InChI=1S/C19H20N4O3S/c1-4-14-12(3)21-19(23-17(14)25)27-10-16(24)22-18-15(9-20-26-18)13-7-5-11(2)6-8-13/h5-9H,4,10H2,1-3H3,(H,22,24)(H,21,23,25). The van der Waals surface area contributed by atoms with Gasteiger partial charge in [-0.3, -0.25) is 14.9 Å². The van der Waals surface area contributed by atoms with Crippen LogP contribution in [-0.4, -0.2) is 26.8 Å². The van der Waals surface area contributed by atoms with Crippen LogP contribution in [0.2, 0.25) is 0 Å². The van der Waals surface area contributed by atoms with Crippen molar-refractivity contribution in [3.63, 3.8) is 0 Å². The third kappa shape index (κ3) is 4.46. The molecule has 3 aromatic rings. The van der Waals surface area contributed by atoms with E-state index in [0.717, 1.165) is 22.9 Å². The minimum absolute atomic E-state index is 0.0852. The zero-order valence-corrected chi connectivity index (χ0v) is 16.1. The van der Waals surface area contributed by atoms with Gasteiger partial charge in [0.1, 0.15) is 0 Å². The Morgan fingerprint density at radius 1 is 1.26 bits per heavy atom. The number of hydrogen-bond acceptors (Lipinski definition) is 6. The molecule has 0 aliphatic heterocycles. The highest BCUT2D eigenvalue weighted by Gasteiger charge is 2.15. The van der Waals surface area contributed by atoms with Crippen LogP contribution in [0.3, 0.4) is 0 Å². The number of thioether (sulfide) groups is 1. The largest absolute Gasteiger partial charge is 0.338 e. The fourth-order valence-electron chi connectivity index (χ4n) is 2.63. The summed E-state index contributed by atoms with van der Waals surface area (Å²) in [4.78, 5) is 31.3. The molecule has 0 atom stereocenters. The summed E-state index contributed by atoms with van der Waals surface area (Å²) in [5.41, 5.74) is 3.94. The molecule has 0 aliphatic rings. The zero-order valence-electron chi connectivity index (χ0n) is 15.3. The molecule has 0 saturated carbocycles. The molecule has 0 radical (unpaired) electrons. The monoisotopic (exact) mass is 384 g/mol. The van der Waals surface area contributed by atoms with Crippen LogP contribution in [0.5, 0.6) is 0 Å². The first-order chi connectivity index (χ1) is 13.0. The second kappa shape index (κ2) is 8.22. The van der Waals surface area contributed by atoms with E-state index >= 15 is 0 Å². The maximum Gasteiger partial charge on any atom is 0.254 e. The molecule has 2 N–H and O–H groups in total. The van der Waals surface area contributed by atoms with E-state index in [1.165, 1.54) is 0 Å². The van der Waals surface area contributed by atoms with Crippen LogP contribution < -0.4 is 10.9 Å². The number of amides is 1. The number of aromatic amines is 1. The fraction of sp³-hybridized carbons (Fsp3) is 0.263. The smallest absolute Gasteiger partial charge is 0.254 e. The normalized spacial score (nSPS) is 10.8. The quantitative estimate of drug-likeness (QED) is 0.499. The molecule has 0 fully saturated rings. The van der Waals surface area contributed by atoms with E-state index in [-0.39, 0.29) is 17.2 Å². The molecule has 8 heteroatoms. The molecule has 0 unspecified atom stereocenters. The average molecular weight is 384 g/mol. The summed E-state index contributed by atoms with van der Waals surface area (Å²) < 4.78 is 5.18. The van der Waals surface area contributed by atoms with Crippen LogP contribution in [0.1, 0.15) is 23.7 Å². The van der Waals surface area contributed by atoms with Crippen molar-refractivity contribution in [3.05, 3.63) is 57.6 Å². The molecule has 1 amide bonds. The number of nitrogens with one attached hydrogen (secondary N) is 2. The minimum atomic E-state index is -0.273. The second-order valence-electron chi connectivity index (χ2n) is 6.06. The van der Waals surface area contributed by atoms with Crippen molar-refractivity contribution >= 4 is 23.6 Å². The van der Waals surface area contributed by atoms with Gasteiger partial charge in [-0.2, -0.15) is 0 Å². The van der Waals surface area contributed by atoms with Crippen molar-refractivity contribution in [3.8, 4) is 11.1 Å². The Morgan fingerprint density at radius 2 is 2.00 bits per heavy atom. The molecule has 0 saturated heterocycles. The summed E-state index contributed by atoms with van der Waals surface area (Å²) in [6, 6.07) is 7.85. The van der Waals surface area contributed by atoms with Crippen LogP contribution in [0.15, 0.2) is 44.9 Å². The fourth-order valence-corrected chi connectivity index (χ4v) is 3.34. The van der Waals surface area contributed by atoms with Crippen molar-refractivity contribution < 1.29 is 9.32 Å². The van der Waals surface area contributed by atoms with E-state index in [2.05, 4.69) is 20.4 Å². The SMILES string of the molecule is CCc1c(C)nc(SCC(=O)Nc2oncc2-c2ccc(C)cc2)[nH]c1=O. The Labute approximate surface area is 160 Å². The molecular formula is C19H20N4O3S. The summed E-state index contributed by atoms with van der Waals surface area (Å²) in [7, 11) is 0. The lowest BCUT2D eigenvalue weighted by Gasteiger charge is -2.06. The van der Waals surface area contributed by atoms with Gasteiger partial charge in [0.15, 0.2) is 5.16 Å². The van der Waals surface area contributed by atoms with Crippen LogP contribution in [-0.2, 0) is 11.2 Å². The first-order valence-corrected chi connectivity index (χ1v) is 9.50. The maximum absolute atomic E-state index is 12.3. The number of aryl methyl sites for hydroxylation is 2. The topological polar surface area (TPSA) is 101 Å². The van der Waals surface area contributed by atoms with Gasteiger partial charge in [0.05, 0.1) is 17.5 Å². The van der Waals surface area contributed by atoms with Gasteiger partial charge >= 0.3 is 0 Å². The van der Waals surface area contributed by atoms with E-state index in [9.17, 15) is 9.59 Å². The van der Waals surface area contributed by atoms with Crippen molar-refractivity contribution in [2.24, 2.45) is 0 Å². The van der Waals surface area contributed by atoms with Crippen molar-refractivity contribution in [2.45, 2.75) is 32.3 Å². The first kappa shape index (κ1) is 18.9. The number of rotatable bonds is 6. The van der Waals surface area contributed by atoms with Gasteiger partial charge in [-0.05, 0) is 25.8 Å². The summed E-state index contributed by atoms with van der Waals surface area (Å²) in [5, 5.41) is 6.91. The molecule has 3 rings (SSSR count). The van der Waals surface area contributed by atoms with Crippen molar-refractivity contribution in [2.75, 3.05) is 11.1 Å². The number of carbonyl (C=O) groups is 1. The predicted molar refractivity (Wildman–Crippen MR) is 105 cm³/mol. The van der Waals surface area contributed by atoms with E-state index in [1.807, 2.05) is 38.1 Å². The third-order valence-electron chi connectivity index (χ3n) is 4.08. The average Bonchev–Trinajstić information content (AvgIpc) is 3.08. The summed E-state index contributed by atoms with van der Waals surface area (Å²) in [5.74, 6) is 0.107. The molecule has 0 aliphatic carbocycles. The van der Waals surface area contributed by atoms with Gasteiger partial charge in [0, 0.05) is 11.3 Å². The number of benzene rings is 1. The van der Waals surface area contributed by atoms with Gasteiger partial charge in [-0.25, -0.2) is 4.98 Å². The highest BCUT2D eigenvalue weighted by molar-refractivity contribution is 7.99. The molecule has 140 valence electrons. The lowest BCUT2D eigenvalue weighted by Crippen LogP contribution is -2.18. The van der Waals surface area contributed by atoms with Crippen LogP contribution >= 0.6 is 11.8 Å². The number of H-pyrrole nitrogens is 1. The minimum Gasteiger partial charge on any atom is -0.338 e. The lowest BCUT2D eigenvalue weighted by molar-refractivity contribution is -0.113. The van der Waals surface area contributed by atoms with E-state index in [0.29, 0.717) is 34.3 Å². The molecule has 7 nitrogen and oxygen atoms in total. The molecule has 2 aromatic heterocycles. The summed E-state index contributed by atoms with van der Waals surface area (Å²) in [6.07, 6.45) is 2.19. The maximum atomic E-state index is 12.3. The molecule has 0 spiro atoms. The third-order valence-corrected chi connectivity index (χ3v) is 4.95. The number of anilines is 1. The van der Waals surface area contributed by atoms with Crippen molar-refractivity contribution in [1.82, 2.24) is 15.1 Å². The lowest BCUT2D eigenvalue weighted by atomic mass is 10.1. The molecule has 27 heavy (non-hydrogen) atoms. The van der Waals surface area contributed by atoms with Gasteiger partial charge < -0.3 is 9.51 Å². The Balaban J connectivity index is 1.66. The number of carbonyl (C=O) groups excluding carboxylic acids is 1. The second-order valence-corrected chi connectivity index (χ2v) is 7.02. The van der Waals surface area contributed by atoms with E-state index < -0.39 is 0 Å². The number of aromatic nitrogens is 3. The highest BCUT2D eigenvalue weighted by Crippen LogP contribution is 2.28. The Morgan fingerprint density at radius 3 is 2.67 bits per heavy atom.